The summed E-state index contributed by atoms with van der Waals surface area (Å²) >= 11 is 11.9. The highest BCUT2D eigenvalue weighted by Gasteiger charge is 2.49. The molecule has 2 unspecified atom stereocenters. The molecule has 2 atom stereocenters. The Morgan fingerprint density at radius 1 is 1.46 bits per heavy atom. The quantitative estimate of drug-likeness (QED) is 0.766. The molecule has 0 heterocycles. The Morgan fingerprint density at radius 2 is 2.08 bits per heavy atom. The van der Waals surface area contributed by atoms with Gasteiger partial charge in [0, 0.05) is 15.6 Å². The van der Waals surface area contributed by atoms with Crippen LogP contribution in [0.1, 0.15) is 18.9 Å². The fourth-order valence-corrected chi connectivity index (χ4v) is 2.14. The van der Waals surface area contributed by atoms with Crippen molar-refractivity contribution in [1.29, 1.82) is 0 Å². The molecule has 13 heavy (non-hydrogen) atoms. The van der Waals surface area contributed by atoms with Crippen molar-refractivity contribution in [2.75, 3.05) is 0 Å². The highest BCUT2D eigenvalue weighted by Crippen LogP contribution is 2.51. The summed E-state index contributed by atoms with van der Waals surface area (Å²) in [5.41, 5.74) is 6.88. The Labute approximate surface area is 87.8 Å². The molecule has 0 aromatic heterocycles. The van der Waals surface area contributed by atoms with Crippen molar-refractivity contribution in [2.24, 2.45) is 11.7 Å². The average Bonchev–Trinajstić information content (AvgIpc) is 2.66. The molecular weight excluding hydrogens is 205 g/mol. The second-order valence-corrected chi connectivity index (χ2v) is 4.61. The van der Waals surface area contributed by atoms with Crippen LogP contribution in [0.15, 0.2) is 18.2 Å². The van der Waals surface area contributed by atoms with Crippen LogP contribution in [0.25, 0.3) is 0 Å². The van der Waals surface area contributed by atoms with Gasteiger partial charge in [0.2, 0.25) is 0 Å². The molecule has 0 amide bonds. The number of nitrogens with two attached hydrogens (primary N) is 1. The Kier molecular flexibility index (Phi) is 2.06. The fourth-order valence-electron chi connectivity index (χ4n) is 1.68. The minimum absolute atomic E-state index is 0.234. The van der Waals surface area contributed by atoms with E-state index in [-0.39, 0.29) is 5.54 Å². The van der Waals surface area contributed by atoms with Gasteiger partial charge in [-0.25, -0.2) is 0 Å². The Bertz CT molecular complexity index is 351. The van der Waals surface area contributed by atoms with Crippen LogP contribution in [-0.2, 0) is 5.54 Å². The van der Waals surface area contributed by atoms with Gasteiger partial charge in [0.1, 0.15) is 0 Å². The molecule has 1 aromatic carbocycles. The van der Waals surface area contributed by atoms with Crippen LogP contribution in [0.5, 0.6) is 0 Å². The van der Waals surface area contributed by atoms with Crippen LogP contribution < -0.4 is 5.73 Å². The molecule has 70 valence electrons. The Morgan fingerprint density at radius 3 is 2.62 bits per heavy atom. The molecule has 1 aromatic rings. The van der Waals surface area contributed by atoms with Crippen LogP contribution in [-0.4, -0.2) is 0 Å². The van der Waals surface area contributed by atoms with Gasteiger partial charge in [0.05, 0.1) is 0 Å². The van der Waals surface area contributed by atoms with Gasteiger partial charge in [0.25, 0.3) is 0 Å². The van der Waals surface area contributed by atoms with Gasteiger partial charge in [0.15, 0.2) is 0 Å². The molecule has 1 fully saturated rings. The van der Waals surface area contributed by atoms with Crippen molar-refractivity contribution >= 4 is 23.2 Å². The first-order valence-electron chi connectivity index (χ1n) is 4.28. The van der Waals surface area contributed by atoms with Crippen molar-refractivity contribution in [3.63, 3.8) is 0 Å². The first-order chi connectivity index (χ1) is 6.04. The Hall–Kier alpha value is -0.240. The SMILES string of the molecule is CC1CC1(N)c1cc(Cl)ccc1Cl. The molecular formula is C10H11Cl2N. The van der Waals surface area contributed by atoms with Crippen molar-refractivity contribution in [2.45, 2.75) is 18.9 Å². The molecule has 1 nitrogen and oxygen atoms in total. The zero-order chi connectivity index (χ0) is 9.64. The van der Waals surface area contributed by atoms with E-state index in [4.69, 9.17) is 28.9 Å². The van der Waals surface area contributed by atoms with Crippen LogP contribution in [0, 0.1) is 5.92 Å². The van der Waals surface area contributed by atoms with Gasteiger partial charge >= 0.3 is 0 Å². The minimum atomic E-state index is -0.234. The summed E-state index contributed by atoms with van der Waals surface area (Å²) in [6.45, 7) is 2.12. The standard InChI is InChI=1S/C10H11Cl2N/c1-6-5-10(6,13)8-4-7(11)2-3-9(8)12/h2-4,6H,5,13H2,1H3. The monoisotopic (exact) mass is 215 g/mol. The summed E-state index contributed by atoms with van der Waals surface area (Å²) in [5.74, 6) is 0.503. The summed E-state index contributed by atoms with van der Waals surface area (Å²) < 4.78 is 0. The maximum Gasteiger partial charge on any atom is 0.0457 e. The van der Waals surface area contributed by atoms with Crippen LogP contribution in [0.2, 0.25) is 10.0 Å². The number of hydrogen-bond donors (Lipinski definition) is 1. The average molecular weight is 216 g/mol. The van der Waals surface area contributed by atoms with Crippen molar-refractivity contribution in [3.8, 4) is 0 Å². The smallest absolute Gasteiger partial charge is 0.0457 e. The van der Waals surface area contributed by atoms with E-state index in [2.05, 4.69) is 6.92 Å². The zero-order valence-electron chi connectivity index (χ0n) is 7.35. The predicted octanol–water partition coefficient (Wildman–Crippen LogP) is 3.19. The molecule has 0 saturated heterocycles. The van der Waals surface area contributed by atoms with E-state index >= 15 is 0 Å². The summed E-state index contributed by atoms with van der Waals surface area (Å²) in [5, 5.41) is 1.42. The first-order valence-corrected chi connectivity index (χ1v) is 5.04. The largest absolute Gasteiger partial charge is 0.321 e. The second kappa shape index (κ2) is 2.88. The molecule has 0 aliphatic heterocycles. The lowest BCUT2D eigenvalue weighted by Gasteiger charge is -2.12. The normalized spacial score (nSPS) is 31.8. The first kappa shape index (κ1) is 9.32. The minimum Gasteiger partial charge on any atom is -0.321 e. The Balaban J connectivity index is 2.46. The molecule has 1 aliphatic carbocycles. The lowest BCUT2D eigenvalue weighted by Crippen LogP contribution is -2.21. The van der Waals surface area contributed by atoms with Gasteiger partial charge in [-0.1, -0.05) is 30.1 Å². The maximum absolute atomic E-state index is 6.14. The van der Waals surface area contributed by atoms with Gasteiger partial charge in [-0.15, -0.1) is 0 Å². The molecule has 1 aliphatic rings. The van der Waals surface area contributed by atoms with Gasteiger partial charge in [-0.3, -0.25) is 0 Å². The van der Waals surface area contributed by atoms with E-state index in [0.717, 1.165) is 17.0 Å². The molecule has 0 spiro atoms. The lowest BCUT2D eigenvalue weighted by atomic mass is 10.0. The maximum atomic E-state index is 6.14. The van der Waals surface area contributed by atoms with Crippen LogP contribution >= 0.6 is 23.2 Å². The lowest BCUT2D eigenvalue weighted by molar-refractivity contribution is 0.665. The van der Waals surface area contributed by atoms with E-state index in [1.165, 1.54) is 0 Å². The highest BCUT2D eigenvalue weighted by molar-refractivity contribution is 6.33. The van der Waals surface area contributed by atoms with E-state index in [0.29, 0.717) is 10.9 Å². The molecule has 3 heteroatoms. The van der Waals surface area contributed by atoms with Gasteiger partial charge in [-0.05, 0) is 36.1 Å². The van der Waals surface area contributed by atoms with E-state index < -0.39 is 0 Å². The fraction of sp³-hybridized carbons (Fsp3) is 0.400. The van der Waals surface area contributed by atoms with Crippen LogP contribution in [0.3, 0.4) is 0 Å². The third-order valence-electron chi connectivity index (χ3n) is 2.79. The highest BCUT2D eigenvalue weighted by atomic mass is 35.5. The summed E-state index contributed by atoms with van der Waals surface area (Å²) in [7, 11) is 0. The summed E-state index contributed by atoms with van der Waals surface area (Å²) in [6, 6.07) is 5.45. The van der Waals surface area contributed by atoms with Crippen LogP contribution in [0.4, 0.5) is 0 Å². The van der Waals surface area contributed by atoms with Crippen molar-refractivity contribution in [3.05, 3.63) is 33.8 Å². The van der Waals surface area contributed by atoms with Gasteiger partial charge in [-0.2, -0.15) is 0 Å². The zero-order valence-corrected chi connectivity index (χ0v) is 8.86. The van der Waals surface area contributed by atoms with E-state index in [1.807, 2.05) is 6.07 Å². The van der Waals surface area contributed by atoms with E-state index in [9.17, 15) is 0 Å². The van der Waals surface area contributed by atoms with E-state index in [1.54, 1.807) is 12.1 Å². The molecule has 2 rings (SSSR count). The summed E-state index contributed by atoms with van der Waals surface area (Å²) in [4.78, 5) is 0. The number of halogens is 2. The molecule has 0 bridgehead atoms. The topological polar surface area (TPSA) is 26.0 Å². The third kappa shape index (κ3) is 1.45. The van der Waals surface area contributed by atoms with Crippen molar-refractivity contribution < 1.29 is 0 Å². The molecule has 0 radical (unpaired) electrons. The number of hydrogen-bond acceptors (Lipinski definition) is 1. The van der Waals surface area contributed by atoms with Crippen molar-refractivity contribution in [1.82, 2.24) is 0 Å². The molecule has 1 saturated carbocycles. The predicted molar refractivity (Wildman–Crippen MR) is 56.1 cm³/mol. The molecule has 2 N–H and O–H groups in total. The third-order valence-corrected chi connectivity index (χ3v) is 3.36. The second-order valence-electron chi connectivity index (χ2n) is 3.77. The number of benzene rings is 1. The number of rotatable bonds is 1. The van der Waals surface area contributed by atoms with Gasteiger partial charge < -0.3 is 5.73 Å². The summed E-state index contributed by atoms with van der Waals surface area (Å²) in [6.07, 6.45) is 0.993.